The Morgan fingerprint density at radius 2 is 2.25 bits per heavy atom. The zero-order valence-corrected chi connectivity index (χ0v) is 9.50. The molecule has 3 nitrogen and oxygen atoms in total. The lowest BCUT2D eigenvalue weighted by atomic mass is 10.2. The quantitative estimate of drug-likeness (QED) is 0.876. The van der Waals surface area contributed by atoms with E-state index in [1.165, 1.54) is 12.1 Å². The summed E-state index contributed by atoms with van der Waals surface area (Å²) in [5, 5.41) is 0.124. The van der Waals surface area contributed by atoms with Crippen molar-refractivity contribution in [2.24, 2.45) is 0 Å². The minimum atomic E-state index is -0.421. The maximum Gasteiger partial charge on any atom is 0.200 e. The molecule has 0 amide bonds. The summed E-state index contributed by atoms with van der Waals surface area (Å²) in [5.74, 6) is 0.00312. The Morgan fingerprint density at radius 1 is 1.50 bits per heavy atom. The average molecular weight is 240 g/mol. The first kappa shape index (κ1) is 11.0. The van der Waals surface area contributed by atoms with Crippen LogP contribution in [0.4, 0.5) is 10.3 Å². The fraction of sp³-hybridized carbons (Fsp3) is 0.182. The minimum absolute atomic E-state index is 0.124. The summed E-state index contributed by atoms with van der Waals surface area (Å²) in [4.78, 5) is 3.97. The Kier molecular flexibility index (Phi) is 2.83. The lowest BCUT2D eigenvalue weighted by Crippen LogP contribution is -2.06. The first-order valence-corrected chi connectivity index (χ1v) is 5.17. The molecule has 0 saturated heterocycles. The molecule has 84 valence electrons. The summed E-state index contributed by atoms with van der Waals surface area (Å²) in [6, 6.07) is 4.71. The van der Waals surface area contributed by atoms with E-state index in [4.69, 9.17) is 17.3 Å². The molecule has 1 aromatic carbocycles. The molecule has 0 atom stereocenters. The first-order chi connectivity index (χ1) is 7.58. The van der Waals surface area contributed by atoms with E-state index in [0.717, 1.165) is 11.3 Å². The second kappa shape index (κ2) is 4.14. The van der Waals surface area contributed by atoms with Crippen LogP contribution in [0.3, 0.4) is 0 Å². The molecule has 0 unspecified atom stereocenters. The maximum absolute atomic E-state index is 13.2. The summed E-state index contributed by atoms with van der Waals surface area (Å²) in [6.07, 6.45) is 1.68. The van der Waals surface area contributed by atoms with E-state index in [0.29, 0.717) is 12.5 Å². The van der Waals surface area contributed by atoms with Gasteiger partial charge in [0.25, 0.3) is 0 Å². The molecular weight excluding hydrogens is 229 g/mol. The topological polar surface area (TPSA) is 43.8 Å². The normalized spacial score (nSPS) is 10.7. The van der Waals surface area contributed by atoms with Crippen molar-refractivity contribution in [3.8, 4) is 0 Å². The van der Waals surface area contributed by atoms with Crippen LogP contribution in [0.25, 0.3) is 0 Å². The lowest BCUT2D eigenvalue weighted by molar-refractivity contribution is 0.623. The fourth-order valence-corrected chi connectivity index (χ4v) is 1.62. The second-order valence-corrected chi connectivity index (χ2v) is 4.00. The highest BCUT2D eigenvalue weighted by Gasteiger charge is 2.06. The summed E-state index contributed by atoms with van der Waals surface area (Å²) < 4.78 is 15.0. The van der Waals surface area contributed by atoms with Crippen LogP contribution in [0.5, 0.6) is 0 Å². The monoisotopic (exact) mass is 239 g/mol. The summed E-state index contributed by atoms with van der Waals surface area (Å²) in [7, 11) is 0. The highest BCUT2D eigenvalue weighted by molar-refractivity contribution is 6.30. The highest BCUT2D eigenvalue weighted by Crippen LogP contribution is 2.17. The average Bonchev–Trinajstić information content (AvgIpc) is 2.55. The van der Waals surface area contributed by atoms with Crippen LogP contribution in [0.1, 0.15) is 11.3 Å². The Hall–Kier alpha value is -1.55. The SMILES string of the molecule is Cc1cnc(N)n1Cc1ccc(Cl)c(F)c1. The number of nitrogens with zero attached hydrogens (tertiary/aromatic N) is 2. The third-order valence-electron chi connectivity index (χ3n) is 2.41. The number of hydrogen-bond donors (Lipinski definition) is 1. The van der Waals surface area contributed by atoms with Crippen molar-refractivity contribution in [3.05, 3.63) is 46.5 Å². The molecule has 0 bridgehead atoms. The summed E-state index contributed by atoms with van der Waals surface area (Å²) >= 11 is 5.61. The largest absolute Gasteiger partial charge is 0.369 e. The van der Waals surface area contributed by atoms with Gasteiger partial charge in [-0.15, -0.1) is 0 Å². The minimum Gasteiger partial charge on any atom is -0.369 e. The van der Waals surface area contributed by atoms with Gasteiger partial charge in [0.05, 0.1) is 17.8 Å². The number of aromatic nitrogens is 2. The van der Waals surface area contributed by atoms with Gasteiger partial charge in [-0.1, -0.05) is 17.7 Å². The van der Waals surface area contributed by atoms with Crippen molar-refractivity contribution in [3.63, 3.8) is 0 Å². The molecule has 0 radical (unpaired) electrons. The van der Waals surface area contributed by atoms with Crippen molar-refractivity contribution < 1.29 is 4.39 Å². The van der Waals surface area contributed by atoms with Crippen molar-refractivity contribution in [1.29, 1.82) is 0 Å². The van der Waals surface area contributed by atoms with Gasteiger partial charge in [-0.25, -0.2) is 9.37 Å². The number of aryl methyl sites for hydroxylation is 1. The van der Waals surface area contributed by atoms with Gasteiger partial charge in [0.15, 0.2) is 0 Å². The number of rotatable bonds is 2. The van der Waals surface area contributed by atoms with Crippen LogP contribution in [0, 0.1) is 12.7 Å². The molecule has 0 aliphatic carbocycles. The number of nitrogen functional groups attached to an aromatic ring is 1. The van der Waals surface area contributed by atoms with Gasteiger partial charge in [-0.05, 0) is 24.6 Å². The molecule has 1 aromatic heterocycles. The van der Waals surface area contributed by atoms with Gasteiger partial charge in [0, 0.05) is 5.69 Å². The third kappa shape index (κ3) is 2.02. The maximum atomic E-state index is 13.2. The second-order valence-electron chi connectivity index (χ2n) is 3.59. The Morgan fingerprint density at radius 3 is 2.81 bits per heavy atom. The Labute approximate surface area is 97.7 Å². The molecule has 1 heterocycles. The molecule has 0 spiro atoms. The number of benzene rings is 1. The van der Waals surface area contributed by atoms with Gasteiger partial charge < -0.3 is 10.3 Å². The summed E-state index contributed by atoms with van der Waals surface area (Å²) in [5.41, 5.74) is 7.43. The van der Waals surface area contributed by atoms with E-state index < -0.39 is 5.82 Å². The molecule has 5 heteroatoms. The summed E-state index contributed by atoms with van der Waals surface area (Å²) in [6.45, 7) is 2.39. The number of imidazole rings is 1. The van der Waals surface area contributed by atoms with E-state index in [1.807, 2.05) is 11.5 Å². The molecule has 16 heavy (non-hydrogen) atoms. The van der Waals surface area contributed by atoms with Crippen LogP contribution in [0.2, 0.25) is 5.02 Å². The number of anilines is 1. The molecule has 0 saturated carbocycles. The number of nitrogens with two attached hydrogens (primary N) is 1. The smallest absolute Gasteiger partial charge is 0.200 e. The predicted molar refractivity (Wildman–Crippen MR) is 61.9 cm³/mol. The molecule has 2 N–H and O–H groups in total. The molecule has 2 rings (SSSR count). The zero-order chi connectivity index (χ0) is 11.7. The molecule has 0 fully saturated rings. The third-order valence-corrected chi connectivity index (χ3v) is 2.72. The lowest BCUT2D eigenvalue weighted by Gasteiger charge is -2.07. The predicted octanol–water partition coefficient (Wildman–Crippen LogP) is 2.61. The molecule has 0 aliphatic heterocycles. The highest BCUT2D eigenvalue weighted by atomic mass is 35.5. The Balaban J connectivity index is 2.31. The molecular formula is C11H11ClFN3. The number of hydrogen-bond acceptors (Lipinski definition) is 2. The van der Waals surface area contributed by atoms with Crippen LogP contribution in [-0.2, 0) is 6.54 Å². The number of halogens is 2. The molecule has 2 aromatic rings. The van der Waals surface area contributed by atoms with Gasteiger partial charge in [0.1, 0.15) is 5.82 Å². The van der Waals surface area contributed by atoms with E-state index in [2.05, 4.69) is 4.98 Å². The van der Waals surface area contributed by atoms with E-state index in [1.54, 1.807) is 12.3 Å². The first-order valence-electron chi connectivity index (χ1n) is 4.79. The van der Waals surface area contributed by atoms with Crippen LogP contribution in [0.15, 0.2) is 24.4 Å². The fourth-order valence-electron chi connectivity index (χ4n) is 1.51. The Bertz CT molecular complexity index is 502. The van der Waals surface area contributed by atoms with Crippen LogP contribution < -0.4 is 5.73 Å². The van der Waals surface area contributed by atoms with E-state index >= 15 is 0 Å². The van der Waals surface area contributed by atoms with Crippen LogP contribution in [-0.4, -0.2) is 9.55 Å². The zero-order valence-electron chi connectivity index (χ0n) is 8.74. The molecule has 0 aliphatic rings. The van der Waals surface area contributed by atoms with Crippen molar-refractivity contribution in [2.75, 3.05) is 5.73 Å². The van der Waals surface area contributed by atoms with Gasteiger partial charge in [-0.2, -0.15) is 0 Å². The van der Waals surface area contributed by atoms with Crippen molar-refractivity contribution in [1.82, 2.24) is 9.55 Å². The van der Waals surface area contributed by atoms with Gasteiger partial charge in [0.2, 0.25) is 5.95 Å². The van der Waals surface area contributed by atoms with E-state index in [9.17, 15) is 4.39 Å². The van der Waals surface area contributed by atoms with E-state index in [-0.39, 0.29) is 5.02 Å². The van der Waals surface area contributed by atoms with Crippen molar-refractivity contribution >= 4 is 17.5 Å². The van der Waals surface area contributed by atoms with Crippen molar-refractivity contribution in [2.45, 2.75) is 13.5 Å². The van der Waals surface area contributed by atoms with Gasteiger partial charge >= 0.3 is 0 Å². The van der Waals surface area contributed by atoms with Gasteiger partial charge in [-0.3, -0.25) is 0 Å². The van der Waals surface area contributed by atoms with Crippen LogP contribution >= 0.6 is 11.6 Å². The standard InChI is InChI=1S/C11H11ClFN3/c1-7-5-15-11(14)16(7)6-8-2-3-9(12)10(13)4-8/h2-5H,6H2,1H3,(H2,14,15).